The summed E-state index contributed by atoms with van der Waals surface area (Å²) >= 11 is 0. The number of hydrogen-bond donors (Lipinski definition) is 1. The maximum atomic E-state index is 11.8. The number of nitrogens with zero attached hydrogens (tertiary/aromatic N) is 1. The average Bonchev–Trinajstić information content (AvgIpc) is 2.68. The van der Waals surface area contributed by atoms with Crippen molar-refractivity contribution in [1.82, 2.24) is 4.98 Å². The second-order valence-corrected chi connectivity index (χ2v) is 3.34. The molecule has 102 valence electrons. The minimum Gasteiger partial charge on any atom is -0.475 e. The number of halogens is 2. The largest absolute Gasteiger partial charge is 0.475 e. The third-order valence-electron chi connectivity index (χ3n) is 1.92. The SMILES string of the molecule is COCc1nc(CCOCC(F)F)oc1C(=O)O. The van der Waals surface area contributed by atoms with Gasteiger partial charge in [-0.05, 0) is 0 Å². The van der Waals surface area contributed by atoms with Gasteiger partial charge in [-0.2, -0.15) is 0 Å². The average molecular weight is 265 g/mol. The Hall–Kier alpha value is -1.54. The van der Waals surface area contributed by atoms with Gasteiger partial charge in [0.1, 0.15) is 12.3 Å². The van der Waals surface area contributed by atoms with Crippen LogP contribution in [0, 0.1) is 0 Å². The number of ether oxygens (including phenoxy) is 2. The van der Waals surface area contributed by atoms with E-state index < -0.39 is 19.0 Å². The zero-order valence-corrected chi connectivity index (χ0v) is 9.69. The second kappa shape index (κ2) is 7.02. The monoisotopic (exact) mass is 265 g/mol. The molecule has 0 aliphatic rings. The fourth-order valence-electron chi connectivity index (χ4n) is 1.24. The minimum atomic E-state index is -2.53. The van der Waals surface area contributed by atoms with Crippen molar-refractivity contribution in [2.75, 3.05) is 20.3 Å². The second-order valence-electron chi connectivity index (χ2n) is 3.34. The van der Waals surface area contributed by atoms with Gasteiger partial charge in [-0.25, -0.2) is 18.6 Å². The van der Waals surface area contributed by atoms with Crippen LogP contribution in [-0.2, 0) is 22.5 Å². The molecule has 6 nitrogen and oxygen atoms in total. The van der Waals surface area contributed by atoms with Crippen LogP contribution in [0.4, 0.5) is 8.78 Å². The molecule has 0 bridgehead atoms. The van der Waals surface area contributed by atoms with Gasteiger partial charge in [-0.3, -0.25) is 0 Å². The van der Waals surface area contributed by atoms with E-state index in [1.165, 1.54) is 7.11 Å². The summed E-state index contributed by atoms with van der Waals surface area (Å²) < 4.78 is 37.9. The highest BCUT2D eigenvalue weighted by Crippen LogP contribution is 2.13. The number of aromatic carboxylic acids is 1. The van der Waals surface area contributed by atoms with E-state index in [-0.39, 0.29) is 37.0 Å². The van der Waals surface area contributed by atoms with Gasteiger partial charge in [0.05, 0.1) is 13.2 Å². The summed E-state index contributed by atoms with van der Waals surface area (Å²) in [6.07, 6.45) is -2.41. The standard InChI is InChI=1S/C10H13F2NO5/c1-16-4-6-9(10(14)15)18-8(13-6)2-3-17-5-7(11)12/h7H,2-5H2,1H3,(H,14,15). The maximum Gasteiger partial charge on any atom is 0.373 e. The molecule has 1 aromatic rings. The van der Waals surface area contributed by atoms with E-state index in [0.717, 1.165) is 0 Å². The van der Waals surface area contributed by atoms with Crippen molar-refractivity contribution in [3.63, 3.8) is 0 Å². The fraction of sp³-hybridized carbons (Fsp3) is 0.600. The van der Waals surface area contributed by atoms with Crippen molar-refractivity contribution in [3.8, 4) is 0 Å². The summed E-state index contributed by atoms with van der Waals surface area (Å²) in [4.78, 5) is 14.7. The molecular formula is C10H13F2NO5. The van der Waals surface area contributed by atoms with Gasteiger partial charge in [0.15, 0.2) is 5.89 Å². The maximum absolute atomic E-state index is 11.8. The number of aromatic nitrogens is 1. The van der Waals surface area contributed by atoms with Crippen molar-refractivity contribution < 1.29 is 32.6 Å². The number of rotatable bonds is 8. The first-order valence-electron chi connectivity index (χ1n) is 5.11. The lowest BCUT2D eigenvalue weighted by molar-refractivity contribution is 0.0173. The number of carboxylic acid groups (broad SMARTS) is 1. The third-order valence-corrected chi connectivity index (χ3v) is 1.92. The number of alkyl halides is 2. The smallest absolute Gasteiger partial charge is 0.373 e. The molecule has 0 amide bonds. The molecular weight excluding hydrogens is 252 g/mol. The number of oxazole rings is 1. The molecule has 0 saturated heterocycles. The topological polar surface area (TPSA) is 81.8 Å². The third kappa shape index (κ3) is 4.38. The van der Waals surface area contributed by atoms with Crippen molar-refractivity contribution in [2.24, 2.45) is 0 Å². The Morgan fingerprint density at radius 3 is 2.83 bits per heavy atom. The van der Waals surface area contributed by atoms with Crippen LogP contribution in [0.2, 0.25) is 0 Å². The Morgan fingerprint density at radius 2 is 2.28 bits per heavy atom. The summed E-state index contributed by atoms with van der Waals surface area (Å²) in [6, 6.07) is 0. The fourth-order valence-corrected chi connectivity index (χ4v) is 1.24. The predicted octanol–water partition coefficient (Wildman–Crippen LogP) is 1.34. The highest BCUT2D eigenvalue weighted by molar-refractivity contribution is 5.85. The lowest BCUT2D eigenvalue weighted by Gasteiger charge is -2.00. The van der Waals surface area contributed by atoms with E-state index in [9.17, 15) is 13.6 Å². The van der Waals surface area contributed by atoms with Gasteiger partial charge in [-0.15, -0.1) is 0 Å². The first kappa shape index (κ1) is 14.5. The molecule has 1 N–H and O–H groups in total. The Labute approximate surface area is 102 Å². The molecule has 1 rings (SSSR count). The van der Waals surface area contributed by atoms with Gasteiger partial charge in [0.2, 0.25) is 5.76 Å². The molecule has 0 spiro atoms. The summed E-state index contributed by atoms with van der Waals surface area (Å²) in [5.41, 5.74) is 0.161. The highest BCUT2D eigenvalue weighted by Gasteiger charge is 2.19. The number of hydrogen-bond acceptors (Lipinski definition) is 5. The Bertz CT molecular complexity index is 394. The van der Waals surface area contributed by atoms with E-state index >= 15 is 0 Å². The quantitative estimate of drug-likeness (QED) is 0.714. The van der Waals surface area contributed by atoms with Crippen molar-refractivity contribution >= 4 is 5.97 Å². The molecule has 0 fully saturated rings. The number of methoxy groups -OCH3 is 1. The summed E-state index contributed by atoms with van der Waals surface area (Å²) in [5.74, 6) is -1.44. The predicted molar refractivity (Wildman–Crippen MR) is 54.7 cm³/mol. The van der Waals surface area contributed by atoms with Crippen LogP contribution in [-0.4, -0.2) is 42.8 Å². The lowest BCUT2D eigenvalue weighted by Crippen LogP contribution is -2.07. The van der Waals surface area contributed by atoms with E-state index in [1.54, 1.807) is 0 Å². The van der Waals surface area contributed by atoms with E-state index in [4.69, 9.17) is 14.3 Å². The number of carboxylic acids is 1. The number of carbonyl (C=O) groups is 1. The summed E-state index contributed by atoms with van der Waals surface area (Å²) in [5, 5.41) is 8.83. The van der Waals surface area contributed by atoms with Crippen LogP contribution in [0.25, 0.3) is 0 Å². The lowest BCUT2D eigenvalue weighted by atomic mass is 10.3. The molecule has 0 aliphatic carbocycles. The van der Waals surface area contributed by atoms with Gasteiger partial charge >= 0.3 is 5.97 Å². The minimum absolute atomic E-state index is 0.00300. The van der Waals surface area contributed by atoms with Crippen LogP contribution in [0.3, 0.4) is 0 Å². The first-order valence-corrected chi connectivity index (χ1v) is 5.11. The Morgan fingerprint density at radius 1 is 1.56 bits per heavy atom. The van der Waals surface area contributed by atoms with Crippen molar-refractivity contribution in [3.05, 3.63) is 17.3 Å². The summed E-state index contributed by atoms with van der Waals surface area (Å²) in [6.45, 7) is -0.684. The summed E-state index contributed by atoms with van der Waals surface area (Å²) in [7, 11) is 1.39. The van der Waals surface area contributed by atoms with Crippen molar-refractivity contribution in [2.45, 2.75) is 19.5 Å². The highest BCUT2D eigenvalue weighted by atomic mass is 19.3. The first-order chi connectivity index (χ1) is 8.54. The molecule has 0 aliphatic heterocycles. The van der Waals surface area contributed by atoms with Crippen LogP contribution in [0.5, 0.6) is 0 Å². The molecule has 0 radical (unpaired) electrons. The van der Waals surface area contributed by atoms with Crippen LogP contribution in [0.15, 0.2) is 4.42 Å². The molecule has 0 aromatic carbocycles. The van der Waals surface area contributed by atoms with E-state index in [0.29, 0.717) is 0 Å². The molecule has 0 atom stereocenters. The molecule has 0 saturated carbocycles. The van der Waals surface area contributed by atoms with Gasteiger partial charge in [-0.1, -0.05) is 0 Å². The zero-order valence-electron chi connectivity index (χ0n) is 9.69. The zero-order chi connectivity index (χ0) is 13.5. The normalized spacial score (nSPS) is 11.1. The van der Waals surface area contributed by atoms with E-state index in [1.807, 2.05) is 0 Å². The van der Waals surface area contributed by atoms with Crippen molar-refractivity contribution in [1.29, 1.82) is 0 Å². The molecule has 1 aromatic heterocycles. The van der Waals surface area contributed by atoms with Crippen LogP contribution < -0.4 is 0 Å². The molecule has 1 heterocycles. The van der Waals surface area contributed by atoms with Gasteiger partial charge < -0.3 is 19.0 Å². The molecule has 0 unspecified atom stereocenters. The van der Waals surface area contributed by atoms with Crippen LogP contribution in [0.1, 0.15) is 22.1 Å². The Balaban J connectivity index is 2.55. The van der Waals surface area contributed by atoms with Gasteiger partial charge in [0, 0.05) is 13.5 Å². The molecule has 18 heavy (non-hydrogen) atoms. The van der Waals surface area contributed by atoms with Gasteiger partial charge in [0.25, 0.3) is 6.43 Å². The van der Waals surface area contributed by atoms with Crippen LogP contribution >= 0.6 is 0 Å². The Kier molecular flexibility index (Phi) is 5.66. The molecule has 8 heteroatoms. The van der Waals surface area contributed by atoms with E-state index in [2.05, 4.69) is 9.72 Å².